The molecule has 2 atom stereocenters. The summed E-state index contributed by atoms with van der Waals surface area (Å²) in [6, 6.07) is 9.44. The van der Waals surface area contributed by atoms with E-state index >= 15 is 0 Å². The Labute approximate surface area is 220 Å². The Kier molecular flexibility index (Phi) is 17.3. The van der Waals surface area contributed by atoms with Crippen LogP contribution in [-0.4, -0.2) is 50.4 Å². The maximum Gasteiger partial charge on any atom is 0.309 e. The summed E-state index contributed by atoms with van der Waals surface area (Å²) in [5.41, 5.74) is 0.895. The summed E-state index contributed by atoms with van der Waals surface area (Å²) in [5, 5.41) is 0. The molecule has 0 radical (unpaired) electrons. The molecule has 1 aromatic rings. The highest BCUT2D eigenvalue weighted by Crippen LogP contribution is 2.40. The summed E-state index contributed by atoms with van der Waals surface area (Å²) >= 11 is 0. The Bertz CT molecular complexity index is 735. The van der Waals surface area contributed by atoms with E-state index in [0.29, 0.717) is 17.4 Å². The number of hydrogen-bond acceptors (Lipinski definition) is 5. The molecular weight excluding hydrogens is 473 g/mol. The zero-order chi connectivity index (χ0) is 26.7. The van der Waals surface area contributed by atoms with Gasteiger partial charge in [-0.15, -0.1) is 0 Å². The monoisotopic (exact) mass is 525 g/mol. The maximum atomic E-state index is 12.6. The van der Waals surface area contributed by atoms with Crippen LogP contribution in [0.15, 0.2) is 30.3 Å². The fraction of sp³-hybridized carbons (Fsp3) is 0.759. The zero-order valence-corrected chi connectivity index (χ0v) is 24.3. The van der Waals surface area contributed by atoms with Gasteiger partial charge in [0.25, 0.3) is 0 Å². The van der Waals surface area contributed by atoms with Crippen LogP contribution in [0.1, 0.15) is 102 Å². The first-order chi connectivity index (χ1) is 17.1. The number of hydrogen-bond donors (Lipinski definition) is 0. The standard InChI is InChI=1S/C29H52NO5P/c1-5-6-7-8-9-10-11-12-13-14-15-16-20-23-36(32,33)35-28(25-30(2,3)4)24-29(31)34-26-27-21-18-17-19-22-27/h17-19,21-22,28H,5-16,20,23-26H2,1-4H3/t28-/m1/s1. The van der Waals surface area contributed by atoms with E-state index in [2.05, 4.69) is 6.92 Å². The van der Waals surface area contributed by atoms with Crippen LogP contribution in [0.2, 0.25) is 0 Å². The van der Waals surface area contributed by atoms with Crippen molar-refractivity contribution in [3.05, 3.63) is 35.9 Å². The third kappa shape index (κ3) is 19.0. The Morgan fingerprint density at radius 3 is 1.86 bits per heavy atom. The predicted molar refractivity (Wildman–Crippen MR) is 147 cm³/mol. The molecule has 1 aromatic carbocycles. The Balaban J connectivity index is 2.27. The third-order valence-electron chi connectivity index (χ3n) is 6.23. The number of rotatable bonds is 22. The molecule has 7 heteroatoms. The van der Waals surface area contributed by atoms with Crippen LogP contribution >= 0.6 is 7.60 Å². The first-order valence-corrected chi connectivity index (χ1v) is 15.8. The summed E-state index contributed by atoms with van der Waals surface area (Å²) in [7, 11) is 1.84. The van der Waals surface area contributed by atoms with Gasteiger partial charge in [0.05, 0.1) is 27.6 Å². The van der Waals surface area contributed by atoms with Gasteiger partial charge in [-0.05, 0) is 12.0 Å². The van der Waals surface area contributed by atoms with Crippen molar-refractivity contribution >= 4 is 13.6 Å². The Hall–Kier alpha value is -1.20. The van der Waals surface area contributed by atoms with Gasteiger partial charge in [0.2, 0.25) is 0 Å². The Morgan fingerprint density at radius 2 is 1.36 bits per heavy atom. The fourth-order valence-corrected chi connectivity index (χ4v) is 5.64. The summed E-state index contributed by atoms with van der Waals surface area (Å²) in [6.45, 7) is 2.83. The lowest BCUT2D eigenvalue weighted by molar-refractivity contribution is -0.873. The maximum absolute atomic E-state index is 12.6. The molecule has 0 saturated carbocycles. The molecule has 0 heterocycles. The molecular formula is C29H52NO5P. The molecule has 0 aliphatic carbocycles. The van der Waals surface area contributed by atoms with Crippen molar-refractivity contribution in [2.45, 2.75) is 110 Å². The Morgan fingerprint density at radius 1 is 0.861 bits per heavy atom. The van der Waals surface area contributed by atoms with Gasteiger partial charge in [0, 0.05) is 6.16 Å². The second-order valence-electron chi connectivity index (χ2n) is 11.1. The van der Waals surface area contributed by atoms with Crippen molar-refractivity contribution in [2.75, 3.05) is 33.8 Å². The summed E-state index contributed by atoms with van der Waals surface area (Å²) < 4.78 is 24.0. The summed E-state index contributed by atoms with van der Waals surface area (Å²) in [6.07, 6.45) is 14.9. The lowest BCUT2D eigenvalue weighted by Gasteiger charge is -2.33. The van der Waals surface area contributed by atoms with Gasteiger partial charge in [0.1, 0.15) is 26.9 Å². The van der Waals surface area contributed by atoms with Gasteiger partial charge in [-0.3, -0.25) is 4.79 Å². The normalized spacial score (nSPS) is 14.4. The van der Waals surface area contributed by atoms with E-state index in [1.807, 2.05) is 51.5 Å². The number of ether oxygens (including phenoxy) is 1. The molecule has 0 fully saturated rings. The van der Waals surface area contributed by atoms with Gasteiger partial charge in [-0.25, -0.2) is 0 Å². The van der Waals surface area contributed by atoms with E-state index in [1.165, 1.54) is 57.8 Å². The predicted octanol–water partition coefficient (Wildman–Crippen LogP) is 6.86. The molecule has 0 N–H and O–H groups in total. The molecule has 208 valence electrons. The molecule has 0 aliphatic heterocycles. The number of carbonyl (C=O) groups excluding carboxylic acids is 1. The number of esters is 1. The fourth-order valence-electron chi connectivity index (χ4n) is 4.33. The van der Waals surface area contributed by atoms with Gasteiger partial charge in [-0.2, -0.15) is 0 Å². The molecule has 1 unspecified atom stereocenters. The van der Waals surface area contributed by atoms with Crippen LogP contribution in [-0.2, 0) is 25.2 Å². The van der Waals surface area contributed by atoms with E-state index in [9.17, 15) is 14.3 Å². The van der Waals surface area contributed by atoms with Crippen molar-refractivity contribution in [3.8, 4) is 0 Å². The quantitative estimate of drug-likeness (QED) is 0.0716. The minimum Gasteiger partial charge on any atom is -0.778 e. The number of nitrogens with zero attached hydrogens (tertiary/aromatic N) is 1. The van der Waals surface area contributed by atoms with E-state index in [1.54, 1.807) is 0 Å². The molecule has 36 heavy (non-hydrogen) atoms. The third-order valence-corrected chi connectivity index (χ3v) is 7.72. The number of carbonyl (C=O) groups is 1. The number of benzene rings is 1. The topological polar surface area (TPSA) is 75.7 Å². The summed E-state index contributed by atoms with van der Waals surface area (Å²) in [5.74, 6) is -0.446. The van der Waals surface area contributed by atoms with E-state index in [0.717, 1.165) is 24.8 Å². The van der Waals surface area contributed by atoms with Crippen LogP contribution in [0.3, 0.4) is 0 Å². The molecule has 1 rings (SSSR count). The zero-order valence-electron chi connectivity index (χ0n) is 23.4. The first kappa shape index (κ1) is 32.8. The van der Waals surface area contributed by atoms with Crippen LogP contribution in [0.4, 0.5) is 0 Å². The highest BCUT2D eigenvalue weighted by molar-refractivity contribution is 7.51. The van der Waals surface area contributed by atoms with Gasteiger partial charge in [0.15, 0.2) is 0 Å². The minimum absolute atomic E-state index is 0.0253. The smallest absolute Gasteiger partial charge is 0.309 e. The largest absolute Gasteiger partial charge is 0.778 e. The lowest BCUT2D eigenvalue weighted by atomic mass is 10.1. The number of unbranched alkanes of at least 4 members (excludes halogenated alkanes) is 12. The lowest BCUT2D eigenvalue weighted by Crippen LogP contribution is -2.43. The average molecular weight is 526 g/mol. The van der Waals surface area contributed by atoms with E-state index in [-0.39, 0.29) is 19.2 Å². The second kappa shape index (κ2) is 19.0. The molecule has 0 bridgehead atoms. The van der Waals surface area contributed by atoms with E-state index < -0.39 is 19.7 Å². The molecule has 0 aliphatic rings. The van der Waals surface area contributed by atoms with Crippen molar-refractivity contribution in [1.29, 1.82) is 0 Å². The van der Waals surface area contributed by atoms with E-state index in [4.69, 9.17) is 9.26 Å². The molecule has 0 saturated heterocycles. The van der Waals surface area contributed by atoms with Crippen molar-refractivity contribution < 1.29 is 28.0 Å². The minimum atomic E-state index is -4.02. The van der Waals surface area contributed by atoms with Crippen LogP contribution in [0.5, 0.6) is 0 Å². The first-order valence-electron chi connectivity index (χ1n) is 14.1. The SMILES string of the molecule is CCCCCCCCCCCCCCCP(=O)([O-])O[C@H](CC(=O)OCc1ccccc1)C[N+](C)(C)C. The van der Waals surface area contributed by atoms with Crippen LogP contribution in [0.25, 0.3) is 0 Å². The van der Waals surface area contributed by atoms with Gasteiger partial charge >= 0.3 is 5.97 Å². The highest BCUT2D eigenvalue weighted by atomic mass is 31.2. The summed E-state index contributed by atoms with van der Waals surface area (Å²) in [4.78, 5) is 25.0. The van der Waals surface area contributed by atoms with Crippen LogP contribution in [0, 0.1) is 0 Å². The van der Waals surface area contributed by atoms with Crippen molar-refractivity contribution in [2.24, 2.45) is 0 Å². The van der Waals surface area contributed by atoms with Gasteiger partial charge in [-0.1, -0.05) is 114 Å². The van der Waals surface area contributed by atoms with Crippen molar-refractivity contribution in [3.63, 3.8) is 0 Å². The average Bonchev–Trinajstić information content (AvgIpc) is 2.80. The second-order valence-corrected chi connectivity index (χ2v) is 13.0. The van der Waals surface area contributed by atoms with Crippen LogP contribution < -0.4 is 4.89 Å². The number of likely N-dealkylation sites (N-methyl/N-ethyl adjacent to an activating group) is 1. The van der Waals surface area contributed by atoms with Gasteiger partial charge < -0.3 is 23.2 Å². The molecule has 0 spiro atoms. The molecule has 0 aromatic heterocycles. The number of quaternary nitrogens is 1. The van der Waals surface area contributed by atoms with Crippen molar-refractivity contribution in [1.82, 2.24) is 0 Å². The molecule has 6 nitrogen and oxygen atoms in total. The highest BCUT2D eigenvalue weighted by Gasteiger charge is 2.26. The molecule has 0 amide bonds.